The number of ether oxygens (including phenoxy) is 2. The van der Waals surface area contributed by atoms with E-state index >= 15 is 0 Å². The molecule has 0 saturated heterocycles. The van der Waals surface area contributed by atoms with E-state index in [0.717, 1.165) is 12.8 Å². The molecule has 1 atom stereocenters. The molecule has 0 fully saturated rings. The normalized spacial score (nSPS) is 11.5. The number of esters is 2. The number of hydrogen-bond acceptors (Lipinski definition) is 4. The Balaban J connectivity index is -0.00000113. The molecular formula is C23H46CaO4. The summed E-state index contributed by atoms with van der Waals surface area (Å²) in [5.41, 5.74) is 0. The molecule has 4 nitrogen and oxygen atoms in total. The van der Waals surface area contributed by atoms with Gasteiger partial charge >= 0.3 is 49.7 Å². The molecule has 0 aliphatic heterocycles. The predicted octanol–water partition coefficient (Wildman–Crippen LogP) is 6.59. The minimum absolute atomic E-state index is 0. The molecule has 0 amide bonds. The van der Waals surface area contributed by atoms with E-state index in [1.54, 1.807) is 13.8 Å². The Morgan fingerprint density at radius 1 is 0.714 bits per heavy atom. The molecule has 0 spiro atoms. The first-order valence-corrected chi connectivity index (χ1v) is 11.5. The summed E-state index contributed by atoms with van der Waals surface area (Å²) < 4.78 is 9.89. The van der Waals surface area contributed by atoms with Crippen LogP contribution in [0.25, 0.3) is 0 Å². The number of carbonyl (C=O) groups is 2. The second kappa shape index (κ2) is 23.5. The van der Waals surface area contributed by atoms with Crippen LogP contribution in [0.2, 0.25) is 0 Å². The van der Waals surface area contributed by atoms with E-state index in [1.807, 2.05) is 0 Å². The van der Waals surface area contributed by atoms with Crippen LogP contribution in [0.1, 0.15) is 126 Å². The van der Waals surface area contributed by atoms with Crippen molar-refractivity contribution in [1.29, 1.82) is 0 Å². The summed E-state index contributed by atoms with van der Waals surface area (Å²) in [5, 5.41) is 0. The van der Waals surface area contributed by atoms with Crippen LogP contribution >= 0.6 is 0 Å². The molecule has 5 heteroatoms. The van der Waals surface area contributed by atoms with Crippen LogP contribution in [0.15, 0.2) is 0 Å². The van der Waals surface area contributed by atoms with E-state index in [0.29, 0.717) is 13.0 Å². The molecule has 0 aromatic heterocycles. The molecule has 0 rings (SSSR count). The van der Waals surface area contributed by atoms with Crippen LogP contribution in [0, 0.1) is 0 Å². The average Bonchev–Trinajstić information content (AvgIpc) is 2.65. The third-order valence-electron chi connectivity index (χ3n) is 4.91. The van der Waals surface area contributed by atoms with Crippen molar-refractivity contribution in [3.63, 3.8) is 0 Å². The van der Waals surface area contributed by atoms with Gasteiger partial charge in [0.2, 0.25) is 0 Å². The number of unbranched alkanes of at least 4 members (excludes halogenated alkanes) is 14. The van der Waals surface area contributed by atoms with Crippen LogP contribution in [-0.2, 0) is 19.1 Å². The molecule has 0 heterocycles. The molecule has 0 aliphatic carbocycles. The zero-order valence-electron chi connectivity index (χ0n) is 20.9. The smallest absolute Gasteiger partial charge is 1.00 e. The van der Waals surface area contributed by atoms with E-state index in [2.05, 4.69) is 6.92 Å². The molecule has 0 radical (unpaired) electrons. The Labute approximate surface area is 206 Å². The van der Waals surface area contributed by atoms with Gasteiger partial charge < -0.3 is 12.3 Å². The fourth-order valence-electron chi connectivity index (χ4n) is 3.20. The Kier molecular flexibility index (Phi) is 25.5. The molecule has 164 valence electrons. The van der Waals surface area contributed by atoms with Gasteiger partial charge in [0.15, 0.2) is 6.10 Å². The maximum absolute atomic E-state index is 11.7. The minimum atomic E-state index is -0.797. The quantitative estimate of drug-likeness (QED) is 0.133. The van der Waals surface area contributed by atoms with Gasteiger partial charge in [-0.2, -0.15) is 0 Å². The van der Waals surface area contributed by atoms with Gasteiger partial charge in [0.25, 0.3) is 0 Å². The van der Waals surface area contributed by atoms with Gasteiger partial charge in [-0.3, -0.25) is 4.79 Å². The Hall–Kier alpha value is 0.200. The van der Waals surface area contributed by atoms with E-state index in [4.69, 9.17) is 9.47 Å². The summed E-state index contributed by atoms with van der Waals surface area (Å²) in [7, 11) is 0. The molecule has 0 bridgehead atoms. The monoisotopic (exact) mass is 426 g/mol. The Bertz CT molecular complexity index is 371. The van der Waals surface area contributed by atoms with Crippen molar-refractivity contribution in [1.82, 2.24) is 0 Å². The SMILES string of the molecule is CCCCCCCCCCCCCCCCCC(=O)OC(C)C(=O)OCC.[Ca+2].[H-].[H-]. The minimum Gasteiger partial charge on any atom is -1.00 e. The zero-order chi connectivity index (χ0) is 20.2. The van der Waals surface area contributed by atoms with E-state index in [9.17, 15) is 9.59 Å². The van der Waals surface area contributed by atoms with Crippen molar-refractivity contribution < 1.29 is 21.9 Å². The van der Waals surface area contributed by atoms with Crippen molar-refractivity contribution in [3.8, 4) is 0 Å². The van der Waals surface area contributed by atoms with Gasteiger partial charge in [-0.15, -0.1) is 0 Å². The van der Waals surface area contributed by atoms with Crippen molar-refractivity contribution in [2.24, 2.45) is 0 Å². The fraction of sp³-hybridized carbons (Fsp3) is 0.913. The van der Waals surface area contributed by atoms with Crippen molar-refractivity contribution >= 4 is 49.7 Å². The van der Waals surface area contributed by atoms with Gasteiger partial charge in [0.05, 0.1) is 6.61 Å². The first-order valence-electron chi connectivity index (χ1n) is 11.5. The molecule has 0 aromatic rings. The maximum atomic E-state index is 11.7. The van der Waals surface area contributed by atoms with Crippen LogP contribution in [0.3, 0.4) is 0 Å². The number of hydrogen-bond donors (Lipinski definition) is 0. The van der Waals surface area contributed by atoms with Crippen molar-refractivity contribution in [2.45, 2.75) is 130 Å². The first kappa shape index (κ1) is 30.4. The van der Waals surface area contributed by atoms with Crippen LogP contribution < -0.4 is 0 Å². The number of carbonyl (C=O) groups excluding carboxylic acids is 2. The number of rotatable bonds is 19. The molecule has 1 unspecified atom stereocenters. The topological polar surface area (TPSA) is 52.6 Å². The van der Waals surface area contributed by atoms with Crippen LogP contribution in [0.5, 0.6) is 0 Å². The van der Waals surface area contributed by atoms with Gasteiger partial charge in [-0.25, -0.2) is 4.79 Å². The second-order valence-electron chi connectivity index (χ2n) is 7.58. The summed E-state index contributed by atoms with van der Waals surface area (Å²) in [4.78, 5) is 23.1. The Morgan fingerprint density at radius 3 is 1.50 bits per heavy atom. The average molecular weight is 427 g/mol. The Morgan fingerprint density at radius 2 is 1.11 bits per heavy atom. The summed E-state index contributed by atoms with van der Waals surface area (Å²) >= 11 is 0. The summed E-state index contributed by atoms with van der Waals surface area (Å²) in [5.74, 6) is -0.771. The van der Waals surface area contributed by atoms with Gasteiger partial charge in [0.1, 0.15) is 0 Å². The molecule has 0 N–H and O–H groups in total. The molecular weight excluding hydrogens is 380 g/mol. The van der Waals surface area contributed by atoms with E-state index in [1.165, 1.54) is 83.5 Å². The molecule has 0 aliphatic rings. The summed E-state index contributed by atoms with van der Waals surface area (Å²) in [6.07, 6.45) is 19.1. The molecule has 0 aromatic carbocycles. The fourth-order valence-corrected chi connectivity index (χ4v) is 3.20. The van der Waals surface area contributed by atoms with Gasteiger partial charge in [-0.1, -0.05) is 96.8 Å². The molecule has 0 saturated carbocycles. The van der Waals surface area contributed by atoms with E-state index in [-0.39, 0.29) is 46.6 Å². The third kappa shape index (κ3) is 20.9. The van der Waals surface area contributed by atoms with Crippen LogP contribution in [0.4, 0.5) is 0 Å². The van der Waals surface area contributed by atoms with E-state index < -0.39 is 12.1 Å². The van der Waals surface area contributed by atoms with Crippen LogP contribution in [-0.4, -0.2) is 62.4 Å². The summed E-state index contributed by atoms with van der Waals surface area (Å²) in [6, 6.07) is 0. The largest absolute Gasteiger partial charge is 2.00 e. The first-order chi connectivity index (χ1) is 13.1. The van der Waals surface area contributed by atoms with Gasteiger partial charge in [-0.05, 0) is 20.3 Å². The van der Waals surface area contributed by atoms with Gasteiger partial charge in [0, 0.05) is 6.42 Å². The maximum Gasteiger partial charge on any atom is 2.00 e. The standard InChI is InChI=1S/C23H44O4.Ca.2H/c1-4-6-7-8-9-10-11-12-13-14-15-16-17-18-19-20-22(24)27-21(3)23(25)26-5-2;;;/h21H,4-20H2,1-3H3;;;/q;+2;2*-1. The second-order valence-corrected chi connectivity index (χ2v) is 7.58. The third-order valence-corrected chi connectivity index (χ3v) is 4.91. The zero-order valence-corrected chi connectivity index (χ0v) is 21.1. The van der Waals surface area contributed by atoms with Crippen molar-refractivity contribution in [2.75, 3.05) is 6.61 Å². The van der Waals surface area contributed by atoms with Crippen molar-refractivity contribution in [3.05, 3.63) is 0 Å². The molecule has 28 heavy (non-hydrogen) atoms. The predicted molar refractivity (Wildman–Crippen MR) is 120 cm³/mol. The summed E-state index contributed by atoms with van der Waals surface area (Å²) in [6.45, 7) is 5.87.